The molecule has 0 saturated heterocycles. The van der Waals surface area contributed by atoms with Gasteiger partial charge in [0.05, 0.1) is 25.2 Å². The second kappa shape index (κ2) is 8.60. The van der Waals surface area contributed by atoms with Crippen LogP contribution in [-0.4, -0.2) is 57.1 Å². The average Bonchev–Trinajstić information content (AvgIpc) is 2.23. The largest absolute Gasteiger partial charge is 0.389 e. The molecule has 0 radical (unpaired) electrons. The molecule has 0 rings (SSSR count). The van der Waals surface area contributed by atoms with Crippen LogP contribution in [-0.2, 0) is 14.3 Å². The number of rotatable bonds is 8. The van der Waals surface area contributed by atoms with E-state index in [4.69, 9.17) is 15.2 Å². The number of nitrogens with one attached hydrogen (secondary N) is 1. The summed E-state index contributed by atoms with van der Waals surface area (Å²) >= 11 is 0. The van der Waals surface area contributed by atoms with Crippen LogP contribution in [0.3, 0.4) is 0 Å². The predicted octanol–water partition coefficient (Wildman–Crippen LogP) is -1.53. The molecule has 6 nitrogen and oxygen atoms in total. The molecule has 0 saturated carbocycles. The summed E-state index contributed by atoms with van der Waals surface area (Å²) in [7, 11) is 2.99. The van der Waals surface area contributed by atoms with Gasteiger partial charge in [0.25, 0.3) is 0 Å². The molecule has 0 aromatic heterocycles. The number of hydrogen-bond acceptors (Lipinski definition) is 5. The fourth-order valence-electron chi connectivity index (χ4n) is 1.02. The highest BCUT2D eigenvalue weighted by Gasteiger charge is 2.12. The van der Waals surface area contributed by atoms with E-state index in [1.807, 2.05) is 0 Å². The quantitative estimate of drug-likeness (QED) is 0.461. The highest BCUT2D eigenvalue weighted by molar-refractivity contribution is 5.76. The Morgan fingerprint density at radius 1 is 1.53 bits per heavy atom. The lowest BCUT2D eigenvalue weighted by Gasteiger charge is -2.14. The first-order valence-electron chi connectivity index (χ1n) is 4.80. The van der Waals surface area contributed by atoms with Gasteiger partial charge >= 0.3 is 0 Å². The summed E-state index contributed by atoms with van der Waals surface area (Å²) in [5.41, 5.74) is 5.36. The van der Waals surface area contributed by atoms with Gasteiger partial charge in [-0.1, -0.05) is 0 Å². The van der Waals surface area contributed by atoms with Gasteiger partial charge in [0, 0.05) is 27.3 Å². The van der Waals surface area contributed by atoms with Gasteiger partial charge in [-0.05, 0) is 0 Å². The van der Waals surface area contributed by atoms with E-state index in [2.05, 4.69) is 5.32 Å². The van der Waals surface area contributed by atoms with Crippen LogP contribution >= 0.6 is 0 Å². The highest BCUT2D eigenvalue weighted by Crippen LogP contribution is 1.94. The van der Waals surface area contributed by atoms with Crippen molar-refractivity contribution < 1.29 is 19.4 Å². The minimum absolute atomic E-state index is 0.174. The molecule has 1 amide bonds. The van der Waals surface area contributed by atoms with Gasteiger partial charge in [-0.15, -0.1) is 0 Å². The summed E-state index contributed by atoms with van der Waals surface area (Å²) in [6, 6.07) is 0. The topological polar surface area (TPSA) is 93.8 Å². The first-order chi connectivity index (χ1) is 7.13. The molecule has 0 bridgehead atoms. The third-order valence-electron chi connectivity index (χ3n) is 1.90. The van der Waals surface area contributed by atoms with Gasteiger partial charge in [0.2, 0.25) is 5.91 Å². The Morgan fingerprint density at radius 2 is 2.20 bits per heavy atom. The van der Waals surface area contributed by atoms with Gasteiger partial charge in [-0.25, -0.2) is 0 Å². The van der Waals surface area contributed by atoms with Crippen molar-refractivity contribution in [1.82, 2.24) is 5.32 Å². The van der Waals surface area contributed by atoms with Crippen LogP contribution in [0.2, 0.25) is 0 Å². The Bertz CT molecular complexity index is 173. The van der Waals surface area contributed by atoms with Crippen LogP contribution in [0.5, 0.6) is 0 Å². The van der Waals surface area contributed by atoms with Crippen LogP contribution in [0.4, 0.5) is 0 Å². The van der Waals surface area contributed by atoms with E-state index in [-0.39, 0.29) is 31.6 Å². The smallest absolute Gasteiger partial charge is 0.222 e. The number of ether oxygens (including phenoxy) is 2. The lowest BCUT2D eigenvalue weighted by atomic mass is 10.2. The van der Waals surface area contributed by atoms with Crippen molar-refractivity contribution >= 4 is 5.91 Å². The Labute approximate surface area is 89.7 Å². The standard InChI is InChI=1S/C9H20N2O4/c1-14-6-7(12)5-11-9(13)3-8(4-10)15-2/h7-8,12H,3-6,10H2,1-2H3,(H,11,13). The van der Waals surface area contributed by atoms with Gasteiger partial charge < -0.3 is 25.6 Å². The maximum Gasteiger partial charge on any atom is 0.222 e. The SMILES string of the molecule is COCC(O)CNC(=O)CC(CN)OC. The molecule has 4 N–H and O–H groups in total. The zero-order chi connectivity index (χ0) is 11.7. The van der Waals surface area contributed by atoms with Crippen molar-refractivity contribution in [2.24, 2.45) is 5.73 Å². The number of methoxy groups -OCH3 is 2. The fourth-order valence-corrected chi connectivity index (χ4v) is 1.02. The monoisotopic (exact) mass is 220 g/mol. The van der Waals surface area contributed by atoms with Gasteiger partial charge in [0.1, 0.15) is 0 Å². The van der Waals surface area contributed by atoms with Crippen molar-refractivity contribution in [3.63, 3.8) is 0 Å². The second-order valence-electron chi connectivity index (χ2n) is 3.21. The first-order valence-corrected chi connectivity index (χ1v) is 4.80. The third kappa shape index (κ3) is 7.26. The summed E-state index contributed by atoms with van der Waals surface area (Å²) in [5, 5.41) is 11.8. The Kier molecular flexibility index (Phi) is 8.21. The second-order valence-corrected chi connectivity index (χ2v) is 3.21. The van der Waals surface area contributed by atoms with Crippen LogP contribution in [0.1, 0.15) is 6.42 Å². The number of carbonyl (C=O) groups is 1. The number of nitrogens with two attached hydrogens (primary N) is 1. The van der Waals surface area contributed by atoms with E-state index in [0.717, 1.165) is 0 Å². The lowest BCUT2D eigenvalue weighted by molar-refractivity contribution is -0.124. The maximum absolute atomic E-state index is 11.3. The van der Waals surface area contributed by atoms with Gasteiger partial charge in [0.15, 0.2) is 0 Å². The number of amides is 1. The molecule has 0 aromatic rings. The molecule has 90 valence electrons. The van der Waals surface area contributed by atoms with Crippen LogP contribution in [0.15, 0.2) is 0 Å². The zero-order valence-corrected chi connectivity index (χ0v) is 9.23. The maximum atomic E-state index is 11.3. The molecule has 0 spiro atoms. The number of aliphatic hydroxyl groups is 1. The average molecular weight is 220 g/mol. The Morgan fingerprint density at radius 3 is 2.67 bits per heavy atom. The van der Waals surface area contributed by atoms with E-state index >= 15 is 0 Å². The summed E-state index contributed by atoms with van der Waals surface area (Å²) in [6.07, 6.45) is -0.755. The molecule has 2 atom stereocenters. The summed E-state index contributed by atoms with van der Waals surface area (Å²) in [5.74, 6) is -0.192. The van der Waals surface area contributed by atoms with Crippen LogP contribution in [0.25, 0.3) is 0 Å². The molecule has 15 heavy (non-hydrogen) atoms. The number of hydrogen-bond donors (Lipinski definition) is 3. The first kappa shape index (κ1) is 14.3. The van der Waals surface area contributed by atoms with Crippen LogP contribution in [0, 0.1) is 0 Å². The van der Waals surface area contributed by atoms with Crippen molar-refractivity contribution in [1.29, 1.82) is 0 Å². The molecule has 0 fully saturated rings. The molecule has 0 aliphatic carbocycles. The van der Waals surface area contributed by atoms with E-state index in [0.29, 0.717) is 6.54 Å². The summed E-state index contributed by atoms with van der Waals surface area (Å²) in [6.45, 7) is 0.670. The van der Waals surface area contributed by atoms with Crippen molar-refractivity contribution in [2.75, 3.05) is 33.9 Å². The van der Waals surface area contributed by atoms with Crippen LogP contribution < -0.4 is 11.1 Å². The third-order valence-corrected chi connectivity index (χ3v) is 1.90. The summed E-state index contributed by atoms with van der Waals surface area (Å²) < 4.78 is 9.66. The Hall–Kier alpha value is -0.690. The minimum atomic E-state index is -0.683. The zero-order valence-electron chi connectivity index (χ0n) is 9.23. The highest BCUT2D eigenvalue weighted by atomic mass is 16.5. The van der Waals surface area contributed by atoms with E-state index in [1.54, 1.807) is 0 Å². The normalized spacial score (nSPS) is 14.7. The van der Waals surface area contributed by atoms with Crippen molar-refractivity contribution in [3.8, 4) is 0 Å². The molecule has 0 aliphatic rings. The molecule has 6 heteroatoms. The molecular weight excluding hydrogens is 200 g/mol. The molecular formula is C9H20N2O4. The molecule has 0 aliphatic heterocycles. The van der Waals surface area contributed by atoms with E-state index in [1.165, 1.54) is 14.2 Å². The van der Waals surface area contributed by atoms with Crippen molar-refractivity contribution in [2.45, 2.75) is 18.6 Å². The van der Waals surface area contributed by atoms with Gasteiger partial charge in [-0.2, -0.15) is 0 Å². The number of carbonyl (C=O) groups excluding carboxylic acids is 1. The molecule has 0 heterocycles. The fraction of sp³-hybridized carbons (Fsp3) is 0.889. The van der Waals surface area contributed by atoms with E-state index < -0.39 is 6.10 Å². The lowest BCUT2D eigenvalue weighted by Crippen LogP contribution is -2.37. The minimum Gasteiger partial charge on any atom is -0.389 e. The summed E-state index contributed by atoms with van der Waals surface area (Å²) in [4.78, 5) is 11.3. The molecule has 0 aromatic carbocycles. The Balaban J connectivity index is 3.64. The van der Waals surface area contributed by atoms with Crippen molar-refractivity contribution in [3.05, 3.63) is 0 Å². The molecule has 2 unspecified atom stereocenters. The van der Waals surface area contributed by atoms with E-state index in [9.17, 15) is 9.90 Å². The predicted molar refractivity (Wildman–Crippen MR) is 55.4 cm³/mol. The van der Waals surface area contributed by atoms with Gasteiger partial charge in [-0.3, -0.25) is 4.79 Å². The number of aliphatic hydroxyl groups excluding tert-OH is 1.